The van der Waals surface area contributed by atoms with Crippen LogP contribution < -0.4 is 0 Å². The van der Waals surface area contributed by atoms with E-state index in [2.05, 4.69) is 4.52 Å². The molecule has 1 aliphatic rings. The molecule has 0 radical (unpaired) electrons. The normalized spacial score (nSPS) is 42.9. The van der Waals surface area contributed by atoms with Crippen LogP contribution in [0.25, 0.3) is 0 Å². The lowest BCUT2D eigenvalue weighted by atomic mass is 9.87. The maximum Gasteiger partial charge on any atom is 0.470 e. The predicted octanol–water partition coefficient (Wildman–Crippen LogP) is -2.69. The molecule has 1 rings (SSSR count). The molecule has 1 fully saturated rings. The molecule has 15 heavy (non-hydrogen) atoms. The Bertz CT molecular complexity index is 264. The van der Waals surface area contributed by atoms with Crippen molar-refractivity contribution in [3.05, 3.63) is 0 Å². The third kappa shape index (κ3) is 3.20. The van der Waals surface area contributed by atoms with Gasteiger partial charge in [-0.2, -0.15) is 0 Å². The Labute approximate surface area is 85.0 Å². The van der Waals surface area contributed by atoms with Crippen LogP contribution in [-0.2, 0) is 9.09 Å². The molecule has 6 N–H and O–H groups in total. The minimum Gasteiger partial charge on any atom is -0.390 e. The molecular weight excluding hydrogens is 231 g/mol. The molecule has 1 aliphatic carbocycles. The van der Waals surface area contributed by atoms with Crippen molar-refractivity contribution in [3.63, 3.8) is 0 Å². The molecule has 0 aliphatic heterocycles. The summed E-state index contributed by atoms with van der Waals surface area (Å²) < 4.78 is 14.6. The number of aliphatic hydroxyl groups excluding tert-OH is 4. The van der Waals surface area contributed by atoms with E-state index in [0.717, 1.165) is 0 Å². The first-order chi connectivity index (χ1) is 6.72. The smallest absolute Gasteiger partial charge is 0.390 e. The first kappa shape index (κ1) is 13.0. The maximum atomic E-state index is 10.5. The van der Waals surface area contributed by atoms with Crippen molar-refractivity contribution >= 4 is 7.82 Å². The van der Waals surface area contributed by atoms with Crippen molar-refractivity contribution in [2.45, 2.75) is 36.9 Å². The topological polar surface area (TPSA) is 148 Å². The summed E-state index contributed by atoms with van der Waals surface area (Å²) in [6, 6.07) is 0. The van der Waals surface area contributed by atoms with Crippen LogP contribution in [0.5, 0.6) is 0 Å². The highest BCUT2D eigenvalue weighted by Crippen LogP contribution is 2.41. The molecule has 0 bridgehead atoms. The maximum absolute atomic E-state index is 10.5. The van der Waals surface area contributed by atoms with Crippen molar-refractivity contribution in [2.75, 3.05) is 0 Å². The van der Waals surface area contributed by atoms with Gasteiger partial charge in [0.1, 0.15) is 18.3 Å². The van der Waals surface area contributed by atoms with Gasteiger partial charge in [0.05, 0.1) is 12.2 Å². The highest BCUT2D eigenvalue weighted by Gasteiger charge is 2.45. The van der Waals surface area contributed by atoms with Gasteiger partial charge in [-0.05, 0) is 0 Å². The fourth-order valence-electron chi connectivity index (χ4n) is 1.46. The Hall–Kier alpha value is -0.0500. The first-order valence-corrected chi connectivity index (χ1v) is 5.71. The van der Waals surface area contributed by atoms with Gasteiger partial charge in [-0.15, -0.1) is 0 Å². The van der Waals surface area contributed by atoms with Crippen LogP contribution in [0.3, 0.4) is 0 Å². The molecule has 0 aromatic rings. The van der Waals surface area contributed by atoms with E-state index in [1.807, 2.05) is 0 Å². The fourth-order valence-corrected chi connectivity index (χ4v) is 2.04. The largest absolute Gasteiger partial charge is 0.470 e. The lowest BCUT2D eigenvalue weighted by Crippen LogP contribution is -2.56. The monoisotopic (exact) mass is 244 g/mol. The van der Waals surface area contributed by atoms with E-state index < -0.39 is 38.3 Å². The molecule has 8 nitrogen and oxygen atoms in total. The molecule has 0 amide bonds. The van der Waals surface area contributed by atoms with Gasteiger partial charge in [0.25, 0.3) is 0 Å². The van der Waals surface area contributed by atoms with Gasteiger partial charge in [-0.1, -0.05) is 0 Å². The molecule has 1 saturated carbocycles. The highest BCUT2D eigenvalue weighted by atomic mass is 31.2. The Morgan fingerprint density at radius 2 is 1.53 bits per heavy atom. The summed E-state index contributed by atoms with van der Waals surface area (Å²) in [7, 11) is -4.87. The van der Waals surface area contributed by atoms with Crippen LogP contribution in [0.15, 0.2) is 0 Å². The Morgan fingerprint density at radius 3 is 2.00 bits per heavy atom. The van der Waals surface area contributed by atoms with Gasteiger partial charge in [0.2, 0.25) is 0 Å². The summed E-state index contributed by atoms with van der Waals surface area (Å²) in [5.74, 6) is 0. The molecule has 0 aromatic carbocycles. The van der Waals surface area contributed by atoms with Crippen molar-refractivity contribution in [1.29, 1.82) is 0 Å². The summed E-state index contributed by atoms with van der Waals surface area (Å²) in [6.07, 6.45) is -8.12. The van der Waals surface area contributed by atoms with Crippen LogP contribution in [0, 0.1) is 0 Å². The zero-order chi connectivity index (χ0) is 11.8. The average molecular weight is 244 g/mol. The summed E-state index contributed by atoms with van der Waals surface area (Å²) >= 11 is 0. The second kappa shape index (κ2) is 4.44. The number of phosphoric ester groups is 1. The zero-order valence-electron chi connectivity index (χ0n) is 7.54. The van der Waals surface area contributed by atoms with Crippen molar-refractivity contribution in [2.24, 2.45) is 0 Å². The van der Waals surface area contributed by atoms with Gasteiger partial charge in [-0.3, -0.25) is 4.52 Å². The van der Waals surface area contributed by atoms with Gasteiger partial charge >= 0.3 is 7.82 Å². The second-order valence-electron chi connectivity index (χ2n) is 3.41. The molecule has 0 spiro atoms. The quantitative estimate of drug-likeness (QED) is 0.288. The molecule has 0 aromatic heterocycles. The van der Waals surface area contributed by atoms with Gasteiger partial charge in [-0.25, -0.2) is 4.57 Å². The highest BCUT2D eigenvalue weighted by molar-refractivity contribution is 7.46. The van der Waals surface area contributed by atoms with E-state index >= 15 is 0 Å². The van der Waals surface area contributed by atoms with E-state index in [4.69, 9.17) is 14.9 Å². The van der Waals surface area contributed by atoms with Gasteiger partial charge in [0, 0.05) is 6.42 Å². The molecule has 0 saturated heterocycles. The standard InChI is InChI=1S/C6H13O8P/c7-2-1-3(8)6(5(10)4(2)9)14-15(11,12)13/h2-10H,1H2,(H2,11,12,13)/t2-,3-,4+,5-,6-/m1/s1. The lowest BCUT2D eigenvalue weighted by molar-refractivity contribution is -0.172. The molecular formula is C6H13O8P. The zero-order valence-corrected chi connectivity index (χ0v) is 8.44. The van der Waals surface area contributed by atoms with Crippen molar-refractivity contribution in [1.82, 2.24) is 0 Å². The van der Waals surface area contributed by atoms with Crippen LogP contribution >= 0.6 is 7.82 Å². The number of hydrogen-bond acceptors (Lipinski definition) is 6. The summed E-state index contributed by atoms with van der Waals surface area (Å²) in [5.41, 5.74) is 0. The first-order valence-electron chi connectivity index (χ1n) is 4.18. The number of aliphatic hydroxyl groups is 4. The summed E-state index contributed by atoms with van der Waals surface area (Å²) in [6.45, 7) is 0. The predicted molar refractivity (Wildman–Crippen MR) is 45.6 cm³/mol. The molecule has 0 heterocycles. The average Bonchev–Trinajstić information content (AvgIpc) is 2.07. The molecule has 5 atom stereocenters. The molecule has 90 valence electrons. The fraction of sp³-hybridized carbons (Fsp3) is 1.00. The second-order valence-corrected chi connectivity index (χ2v) is 4.60. The van der Waals surface area contributed by atoms with E-state index in [-0.39, 0.29) is 6.42 Å². The van der Waals surface area contributed by atoms with E-state index in [0.29, 0.717) is 0 Å². The Morgan fingerprint density at radius 1 is 1.00 bits per heavy atom. The summed E-state index contributed by atoms with van der Waals surface area (Å²) in [5, 5.41) is 36.9. The number of phosphoric acid groups is 1. The number of rotatable bonds is 2. The minimum absolute atomic E-state index is 0.330. The van der Waals surface area contributed by atoms with E-state index in [1.54, 1.807) is 0 Å². The van der Waals surface area contributed by atoms with Crippen LogP contribution in [-0.4, -0.2) is 60.7 Å². The van der Waals surface area contributed by atoms with Crippen LogP contribution in [0.2, 0.25) is 0 Å². The molecule has 0 unspecified atom stereocenters. The van der Waals surface area contributed by atoms with Crippen LogP contribution in [0.4, 0.5) is 0 Å². The van der Waals surface area contributed by atoms with E-state index in [9.17, 15) is 19.9 Å². The minimum atomic E-state index is -4.87. The van der Waals surface area contributed by atoms with Gasteiger partial charge in [0.15, 0.2) is 0 Å². The third-order valence-corrected chi connectivity index (χ3v) is 2.72. The molecule has 9 heteroatoms. The lowest BCUT2D eigenvalue weighted by Gasteiger charge is -2.37. The van der Waals surface area contributed by atoms with Crippen LogP contribution in [0.1, 0.15) is 6.42 Å². The summed E-state index contributed by atoms with van der Waals surface area (Å²) in [4.78, 5) is 17.0. The van der Waals surface area contributed by atoms with Gasteiger partial charge < -0.3 is 30.2 Å². The van der Waals surface area contributed by atoms with Crippen molar-refractivity contribution in [3.8, 4) is 0 Å². The number of hydrogen-bond donors (Lipinski definition) is 6. The van der Waals surface area contributed by atoms with Crippen molar-refractivity contribution < 1.29 is 39.3 Å². The SMILES string of the molecule is O=P(O)(O)O[C@H]1[C@H](O)[C@@H](O)[C@H](O)C[C@H]1O. The van der Waals surface area contributed by atoms with E-state index in [1.165, 1.54) is 0 Å². The third-order valence-electron chi connectivity index (χ3n) is 2.20. The Balaban J connectivity index is 2.75. The Kier molecular flexibility index (Phi) is 3.85.